The van der Waals surface area contributed by atoms with Gasteiger partial charge in [0.15, 0.2) is 11.6 Å². The molecule has 0 spiro atoms. The number of alkyl halides is 2. The van der Waals surface area contributed by atoms with E-state index < -0.39 is 11.4 Å². The van der Waals surface area contributed by atoms with Crippen molar-refractivity contribution in [1.29, 1.82) is 0 Å². The van der Waals surface area contributed by atoms with Gasteiger partial charge in [0.1, 0.15) is 0 Å². The first-order valence-electron chi connectivity index (χ1n) is 6.18. The summed E-state index contributed by atoms with van der Waals surface area (Å²) >= 11 is 12.4. The van der Waals surface area contributed by atoms with Crippen LogP contribution in [-0.4, -0.2) is 29.0 Å². The number of Topliss-reactive ketones (excluding diaryl/α,β-unsaturated/α-hetero) is 2. The van der Waals surface area contributed by atoms with E-state index in [1.54, 1.807) is 24.3 Å². The van der Waals surface area contributed by atoms with E-state index in [0.29, 0.717) is 24.1 Å². The van der Waals surface area contributed by atoms with Gasteiger partial charge >= 0.3 is 0 Å². The molecule has 3 unspecified atom stereocenters. The van der Waals surface area contributed by atoms with E-state index in [2.05, 4.69) is 5.32 Å². The molecule has 102 valence electrons. The first-order valence-corrected chi connectivity index (χ1v) is 7.05. The molecule has 1 aliphatic heterocycles. The predicted octanol–water partition coefficient (Wildman–Crippen LogP) is 2.85. The predicted molar refractivity (Wildman–Crippen MR) is 76.2 cm³/mol. The van der Waals surface area contributed by atoms with Crippen LogP contribution in [0.3, 0.4) is 0 Å². The van der Waals surface area contributed by atoms with E-state index in [9.17, 15) is 9.59 Å². The summed E-state index contributed by atoms with van der Waals surface area (Å²) in [6, 6.07) is 6.78. The normalized spacial score (nSPS) is 27.0. The molecule has 19 heavy (non-hydrogen) atoms. The number of ketones is 2. The second-order valence-corrected chi connectivity index (χ2v) is 5.68. The summed E-state index contributed by atoms with van der Waals surface area (Å²) in [5.74, 6) is -0.819. The zero-order chi connectivity index (χ0) is 14.0. The molecule has 3 nitrogen and oxygen atoms in total. The van der Waals surface area contributed by atoms with Crippen molar-refractivity contribution in [2.45, 2.75) is 24.2 Å². The summed E-state index contributed by atoms with van der Waals surface area (Å²) < 4.78 is 0. The van der Waals surface area contributed by atoms with Crippen LogP contribution in [-0.2, 0) is 0 Å². The lowest BCUT2D eigenvalue weighted by molar-refractivity contribution is 0.0883. The molecule has 1 fully saturated rings. The summed E-state index contributed by atoms with van der Waals surface area (Å²) in [6.45, 7) is 2.14. The smallest absolute Gasteiger partial charge is 0.170 e. The molecule has 0 bridgehead atoms. The molecular formula is C14H15Cl2NO2. The highest BCUT2D eigenvalue weighted by atomic mass is 35.5. The lowest BCUT2D eigenvalue weighted by Crippen LogP contribution is -2.47. The van der Waals surface area contributed by atoms with Gasteiger partial charge in [0, 0.05) is 16.5 Å². The van der Waals surface area contributed by atoms with Crippen LogP contribution in [0.25, 0.3) is 0 Å². The Bertz CT molecular complexity index is 494. The number of carbonyl (C=O) groups excluding carboxylic acids is 2. The topological polar surface area (TPSA) is 46.2 Å². The second-order valence-electron chi connectivity index (χ2n) is 4.65. The minimum atomic E-state index is -0.516. The molecule has 3 atom stereocenters. The van der Waals surface area contributed by atoms with Crippen molar-refractivity contribution in [2.75, 3.05) is 6.54 Å². The Balaban J connectivity index is 2.36. The summed E-state index contributed by atoms with van der Waals surface area (Å²) in [6.07, 6.45) is 0.684. The summed E-state index contributed by atoms with van der Waals surface area (Å²) in [4.78, 5) is 24.2. The van der Waals surface area contributed by atoms with Crippen molar-refractivity contribution in [3.05, 3.63) is 35.4 Å². The van der Waals surface area contributed by atoms with Gasteiger partial charge in [-0.1, -0.05) is 24.3 Å². The molecule has 1 aromatic carbocycles. The molecule has 2 rings (SSSR count). The van der Waals surface area contributed by atoms with Crippen molar-refractivity contribution < 1.29 is 9.59 Å². The molecule has 1 aliphatic rings. The number of benzene rings is 1. The molecule has 0 amide bonds. The van der Waals surface area contributed by atoms with E-state index in [1.807, 2.05) is 0 Å². The number of rotatable bonds is 3. The van der Waals surface area contributed by atoms with Crippen molar-refractivity contribution in [1.82, 2.24) is 5.32 Å². The van der Waals surface area contributed by atoms with E-state index in [0.717, 1.165) is 0 Å². The van der Waals surface area contributed by atoms with Gasteiger partial charge in [0.2, 0.25) is 0 Å². The van der Waals surface area contributed by atoms with E-state index >= 15 is 0 Å². The van der Waals surface area contributed by atoms with Crippen LogP contribution in [0.5, 0.6) is 0 Å². The number of halogens is 2. The van der Waals surface area contributed by atoms with Gasteiger partial charge in [0.05, 0.1) is 11.4 Å². The average molecular weight is 300 g/mol. The molecule has 1 saturated heterocycles. The van der Waals surface area contributed by atoms with E-state index in [1.165, 1.54) is 6.92 Å². The van der Waals surface area contributed by atoms with Crippen molar-refractivity contribution in [3.63, 3.8) is 0 Å². The van der Waals surface area contributed by atoms with Gasteiger partial charge in [-0.05, 0) is 19.9 Å². The van der Waals surface area contributed by atoms with Crippen LogP contribution in [0.1, 0.15) is 34.1 Å². The Morgan fingerprint density at radius 2 is 1.84 bits per heavy atom. The number of hydrogen-bond donors (Lipinski definition) is 1. The summed E-state index contributed by atoms with van der Waals surface area (Å²) in [7, 11) is 0. The molecule has 0 aliphatic carbocycles. The average Bonchev–Trinajstić information content (AvgIpc) is 2.38. The van der Waals surface area contributed by atoms with Crippen LogP contribution in [0.15, 0.2) is 24.3 Å². The molecule has 1 heterocycles. The third-order valence-electron chi connectivity index (χ3n) is 3.34. The third kappa shape index (κ3) is 2.99. The molecule has 1 aromatic rings. The van der Waals surface area contributed by atoms with Crippen molar-refractivity contribution in [2.24, 2.45) is 5.92 Å². The highest BCUT2D eigenvalue weighted by Gasteiger charge is 2.37. The van der Waals surface area contributed by atoms with Gasteiger partial charge in [-0.3, -0.25) is 9.59 Å². The van der Waals surface area contributed by atoms with Crippen LogP contribution < -0.4 is 5.32 Å². The number of piperidine rings is 1. The zero-order valence-corrected chi connectivity index (χ0v) is 12.0. The van der Waals surface area contributed by atoms with Crippen LogP contribution in [0, 0.1) is 5.92 Å². The zero-order valence-electron chi connectivity index (χ0n) is 10.5. The van der Waals surface area contributed by atoms with Crippen LogP contribution >= 0.6 is 23.2 Å². The number of carbonyl (C=O) groups is 2. The molecule has 0 radical (unpaired) electrons. The van der Waals surface area contributed by atoms with Gasteiger partial charge in [-0.2, -0.15) is 0 Å². The lowest BCUT2D eigenvalue weighted by Gasteiger charge is -2.31. The van der Waals surface area contributed by atoms with Gasteiger partial charge in [-0.25, -0.2) is 0 Å². The molecule has 1 N–H and O–H groups in total. The molecular weight excluding hydrogens is 285 g/mol. The quantitative estimate of drug-likeness (QED) is 0.530. The monoisotopic (exact) mass is 299 g/mol. The fourth-order valence-corrected chi connectivity index (χ4v) is 3.17. The Morgan fingerprint density at radius 3 is 2.42 bits per heavy atom. The summed E-state index contributed by atoms with van der Waals surface area (Å²) in [5.41, 5.74) is 0.328. The number of nitrogens with one attached hydrogen (secondary N) is 1. The first-order chi connectivity index (χ1) is 9.02. The van der Waals surface area contributed by atoms with Gasteiger partial charge in [-0.15, -0.1) is 23.2 Å². The maximum atomic E-state index is 12.6. The van der Waals surface area contributed by atoms with Gasteiger partial charge < -0.3 is 5.32 Å². The second kappa shape index (κ2) is 6.04. The summed E-state index contributed by atoms with van der Waals surface area (Å²) in [5, 5.41) is 2.73. The minimum absolute atomic E-state index is 0.134. The largest absolute Gasteiger partial charge is 0.301 e. The van der Waals surface area contributed by atoms with Crippen molar-refractivity contribution >= 4 is 34.8 Å². The van der Waals surface area contributed by atoms with E-state index in [-0.39, 0.29) is 16.9 Å². The van der Waals surface area contributed by atoms with Crippen LogP contribution in [0.2, 0.25) is 0 Å². The Morgan fingerprint density at radius 1 is 1.21 bits per heavy atom. The highest BCUT2D eigenvalue weighted by molar-refractivity contribution is 6.28. The van der Waals surface area contributed by atoms with Crippen molar-refractivity contribution in [3.8, 4) is 0 Å². The number of hydrogen-bond acceptors (Lipinski definition) is 3. The van der Waals surface area contributed by atoms with Gasteiger partial charge in [0.25, 0.3) is 0 Å². The Labute approximate surface area is 122 Å². The molecule has 0 aromatic heterocycles. The third-order valence-corrected chi connectivity index (χ3v) is 4.25. The standard InChI is InChI=1S/C14H15Cl2NO2/c1-8(18)9-4-2-3-5-10(9)13(19)12-11(15)6-7-17-14(12)16/h2-5,11-12,14,17H,6-7H2,1H3. The molecule has 0 saturated carbocycles. The highest BCUT2D eigenvalue weighted by Crippen LogP contribution is 2.29. The maximum absolute atomic E-state index is 12.6. The lowest BCUT2D eigenvalue weighted by atomic mass is 9.87. The maximum Gasteiger partial charge on any atom is 0.170 e. The Kier molecular flexibility index (Phi) is 4.61. The Hall–Kier alpha value is -0.900. The minimum Gasteiger partial charge on any atom is -0.301 e. The van der Waals surface area contributed by atoms with Crippen LogP contribution in [0.4, 0.5) is 0 Å². The fourth-order valence-electron chi connectivity index (χ4n) is 2.33. The SMILES string of the molecule is CC(=O)c1ccccc1C(=O)C1C(Cl)CCNC1Cl. The fraction of sp³-hybridized carbons (Fsp3) is 0.429. The first kappa shape index (κ1) is 14.5. The van der Waals surface area contributed by atoms with E-state index in [4.69, 9.17) is 23.2 Å². The molecule has 5 heteroatoms.